The number of hydrogen-bond acceptors (Lipinski definition) is 3. The number of aryl methyl sites for hydroxylation is 2. The lowest BCUT2D eigenvalue weighted by Gasteiger charge is -2.31. The maximum absolute atomic E-state index is 4.83. The van der Waals surface area contributed by atoms with Crippen molar-refractivity contribution < 1.29 is 0 Å². The number of nitrogens with zero attached hydrogens (tertiary/aromatic N) is 1. The minimum atomic E-state index is 0.0335. The smallest absolute Gasteiger partial charge is 0.113 e. The first-order valence-corrected chi connectivity index (χ1v) is 7.49. The topological polar surface area (TPSA) is 24.9 Å². The Balaban J connectivity index is 3.03. The molecule has 2 nitrogen and oxygen atoms in total. The van der Waals surface area contributed by atoms with Gasteiger partial charge in [-0.3, -0.25) is 0 Å². The number of rotatable bonds is 6. The van der Waals surface area contributed by atoms with E-state index in [-0.39, 0.29) is 5.54 Å². The number of nitrogens with one attached hydrogen (secondary N) is 1. The molecule has 98 valence electrons. The van der Waals surface area contributed by atoms with E-state index >= 15 is 0 Å². The molecular weight excluding hydrogens is 228 g/mol. The van der Waals surface area contributed by atoms with Gasteiger partial charge in [-0.2, -0.15) is 0 Å². The first-order valence-electron chi connectivity index (χ1n) is 6.67. The van der Waals surface area contributed by atoms with Gasteiger partial charge in [0.05, 0.1) is 11.2 Å². The summed E-state index contributed by atoms with van der Waals surface area (Å²) in [5.41, 5.74) is 1.30. The third kappa shape index (κ3) is 3.52. The molecule has 0 saturated carbocycles. The van der Waals surface area contributed by atoms with Gasteiger partial charge in [-0.15, -0.1) is 11.3 Å². The molecule has 3 heteroatoms. The highest BCUT2D eigenvalue weighted by Crippen LogP contribution is 2.32. The van der Waals surface area contributed by atoms with Crippen molar-refractivity contribution in [2.75, 3.05) is 0 Å². The van der Waals surface area contributed by atoms with Crippen molar-refractivity contribution in [2.24, 2.45) is 0 Å². The summed E-state index contributed by atoms with van der Waals surface area (Å²) < 4.78 is 0. The average molecular weight is 254 g/mol. The fraction of sp³-hybridized carbons (Fsp3) is 0.786. The molecule has 1 rings (SSSR count). The lowest BCUT2D eigenvalue weighted by atomic mass is 9.96. The molecule has 0 saturated heterocycles. The molecule has 0 spiro atoms. The van der Waals surface area contributed by atoms with Crippen LogP contribution in [-0.2, 0) is 12.0 Å². The Bertz CT molecular complexity index is 357. The van der Waals surface area contributed by atoms with E-state index in [1.807, 2.05) is 11.3 Å². The van der Waals surface area contributed by atoms with Gasteiger partial charge in [-0.1, -0.05) is 20.3 Å². The second kappa shape index (κ2) is 5.96. The van der Waals surface area contributed by atoms with Crippen LogP contribution in [0.25, 0.3) is 0 Å². The van der Waals surface area contributed by atoms with Gasteiger partial charge in [0.15, 0.2) is 0 Å². The van der Waals surface area contributed by atoms with Crippen molar-refractivity contribution >= 4 is 11.3 Å². The lowest BCUT2D eigenvalue weighted by Crippen LogP contribution is -2.43. The van der Waals surface area contributed by atoms with Crippen LogP contribution in [0.1, 0.15) is 63.0 Å². The van der Waals surface area contributed by atoms with Gasteiger partial charge < -0.3 is 5.32 Å². The highest BCUT2D eigenvalue weighted by molar-refractivity contribution is 7.11. The molecule has 1 unspecified atom stereocenters. The standard InChI is InChI=1S/C14H26N2S/c1-7-9-14(6,16-10(3)4)13-15-12(8-2)11(5)17-13/h10,16H,7-9H2,1-6H3. The summed E-state index contributed by atoms with van der Waals surface area (Å²) in [5.74, 6) is 0. The highest BCUT2D eigenvalue weighted by Gasteiger charge is 2.30. The predicted molar refractivity (Wildman–Crippen MR) is 76.8 cm³/mol. The van der Waals surface area contributed by atoms with Crippen molar-refractivity contribution in [1.82, 2.24) is 10.3 Å². The minimum absolute atomic E-state index is 0.0335. The van der Waals surface area contributed by atoms with Gasteiger partial charge >= 0.3 is 0 Å². The summed E-state index contributed by atoms with van der Waals surface area (Å²) in [6.07, 6.45) is 3.35. The maximum atomic E-state index is 4.83. The zero-order valence-corrected chi connectivity index (χ0v) is 12.9. The largest absolute Gasteiger partial charge is 0.303 e. The molecule has 0 aliphatic rings. The van der Waals surface area contributed by atoms with Gasteiger partial charge in [-0.05, 0) is 40.5 Å². The Morgan fingerprint density at radius 1 is 1.35 bits per heavy atom. The van der Waals surface area contributed by atoms with Crippen LogP contribution in [0.4, 0.5) is 0 Å². The van der Waals surface area contributed by atoms with E-state index in [2.05, 4.69) is 46.9 Å². The molecule has 0 aliphatic heterocycles. The maximum Gasteiger partial charge on any atom is 0.113 e. The molecule has 17 heavy (non-hydrogen) atoms. The van der Waals surface area contributed by atoms with E-state index in [1.165, 1.54) is 22.0 Å². The van der Waals surface area contributed by atoms with Crippen molar-refractivity contribution in [2.45, 2.75) is 72.4 Å². The van der Waals surface area contributed by atoms with Crippen molar-refractivity contribution in [3.63, 3.8) is 0 Å². The number of thiazole rings is 1. The van der Waals surface area contributed by atoms with Gasteiger partial charge in [0.1, 0.15) is 5.01 Å². The van der Waals surface area contributed by atoms with Crippen molar-refractivity contribution in [3.8, 4) is 0 Å². The molecular formula is C14H26N2S. The second-order valence-corrected chi connectivity index (χ2v) is 6.46. The van der Waals surface area contributed by atoms with E-state index in [0.717, 1.165) is 12.8 Å². The van der Waals surface area contributed by atoms with E-state index in [9.17, 15) is 0 Å². The third-order valence-corrected chi connectivity index (χ3v) is 4.33. The summed E-state index contributed by atoms with van der Waals surface area (Å²) in [7, 11) is 0. The zero-order valence-electron chi connectivity index (χ0n) is 12.1. The molecule has 0 fully saturated rings. The summed E-state index contributed by atoms with van der Waals surface area (Å²) in [5, 5.41) is 4.94. The first kappa shape index (κ1) is 14.7. The number of aromatic nitrogens is 1. The summed E-state index contributed by atoms with van der Waals surface area (Å²) in [6.45, 7) is 13.3. The molecule has 1 aromatic heterocycles. The van der Waals surface area contributed by atoms with Gasteiger partial charge in [0.25, 0.3) is 0 Å². The minimum Gasteiger partial charge on any atom is -0.303 e. The van der Waals surface area contributed by atoms with Crippen molar-refractivity contribution in [1.29, 1.82) is 0 Å². The molecule has 0 aliphatic carbocycles. The quantitative estimate of drug-likeness (QED) is 0.829. The van der Waals surface area contributed by atoms with Crippen LogP contribution in [0.5, 0.6) is 0 Å². The Labute approximate surface area is 110 Å². The van der Waals surface area contributed by atoms with E-state index in [4.69, 9.17) is 4.98 Å². The summed E-state index contributed by atoms with van der Waals surface area (Å²) >= 11 is 1.85. The molecule has 1 aromatic rings. The second-order valence-electron chi connectivity index (χ2n) is 5.26. The van der Waals surface area contributed by atoms with Crippen LogP contribution < -0.4 is 5.32 Å². The Kier molecular flexibility index (Phi) is 5.14. The molecule has 0 bridgehead atoms. The molecule has 1 heterocycles. The number of hydrogen-bond donors (Lipinski definition) is 1. The summed E-state index contributed by atoms with van der Waals surface area (Å²) in [4.78, 5) is 6.20. The molecule has 1 N–H and O–H groups in total. The SMILES string of the molecule is CCCC(C)(NC(C)C)c1nc(CC)c(C)s1. The first-order chi connectivity index (χ1) is 7.92. The Hall–Kier alpha value is -0.410. The summed E-state index contributed by atoms with van der Waals surface area (Å²) in [6, 6.07) is 0.487. The zero-order chi connectivity index (χ0) is 13.1. The van der Waals surface area contributed by atoms with Crippen LogP contribution >= 0.6 is 11.3 Å². The molecule has 0 radical (unpaired) electrons. The van der Waals surface area contributed by atoms with Gasteiger partial charge in [-0.25, -0.2) is 4.98 Å². The predicted octanol–water partition coefficient (Wildman–Crippen LogP) is 4.03. The fourth-order valence-electron chi connectivity index (χ4n) is 2.37. The fourth-order valence-corrected chi connectivity index (χ4v) is 3.51. The Morgan fingerprint density at radius 2 is 2.00 bits per heavy atom. The molecule has 0 aromatic carbocycles. The van der Waals surface area contributed by atoms with Crippen LogP contribution in [0.3, 0.4) is 0 Å². The molecule has 0 amide bonds. The van der Waals surface area contributed by atoms with Crippen LogP contribution in [-0.4, -0.2) is 11.0 Å². The Morgan fingerprint density at radius 3 is 2.41 bits per heavy atom. The lowest BCUT2D eigenvalue weighted by molar-refractivity contribution is 0.307. The normalized spacial score (nSPS) is 15.2. The van der Waals surface area contributed by atoms with E-state index in [1.54, 1.807) is 0 Å². The van der Waals surface area contributed by atoms with Crippen LogP contribution in [0.2, 0.25) is 0 Å². The van der Waals surface area contributed by atoms with Crippen LogP contribution in [0.15, 0.2) is 0 Å². The molecule has 1 atom stereocenters. The average Bonchev–Trinajstić information content (AvgIpc) is 2.59. The highest BCUT2D eigenvalue weighted by atomic mass is 32.1. The van der Waals surface area contributed by atoms with Crippen molar-refractivity contribution in [3.05, 3.63) is 15.6 Å². The van der Waals surface area contributed by atoms with Crippen LogP contribution in [0, 0.1) is 6.92 Å². The van der Waals surface area contributed by atoms with E-state index < -0.39 is 0 Å². The van der Waals surface area contributed by atoms with Gasteiger partial charge in [0.2, 0.25) is 0 Å². The monoisotopic (exact) mass is 254 g/mol. The van der Waals surface area contributed by atoms with E-state index in [0.29, 0.717) is 6.04 Å². The third-order valence-electron chi connectivity index (χ3n) is 3.06. The van der Waals surface area contributed by atoms with Gasteiger partial charge in [0, 0.05) is 10.9 Å².